The Balaban J connectivity index is 1.50. The number of carbonyl (C=O) groups excluding carboxylic acids is 1. The number of thiocarbonyl (C=S) groups is 1. The first-order valence-corrected chi connectivity index (χ1v) is 10.8. The first-order chi connectivity index (χ1) is 14.1. The van der Waals surface area contributed by atoms with E-state index in [1.165, 1.54) is 41.6 Å². The standard InChI is InChI=1S/C23H22N2O2S2/c1-27-22(26)20-14-19(12-15-6-3-2-4-7-15)29-21(20)25-23(28)24-18-11-10-16-8-5-9-17(16)13-18/h2-4,6-7,10-11,13-14H,5,8-9,12H2,1H3,(H2,24,25,28). The van der Waals surface area contributed by atoms with Crippen LogP contribution >= 0.6 is 23.6 Å². The smallest absolute Gasteiger partial charge is 0.340 e. The lowest BCUT2D eigenvalue weighted by molar-refractivity contribution is 0.0602. The normalized spacial score (nSPS) is 12.3. The fourth-order valence-corrected chi connectivity index (χ4v) is 4.96. The number of fused-ring (bicyclic) bond motifs is 1. The van der Waals surface area contributed by atoms with E-state index in [1.54, 1.807) is 0 Å². The van der Waals surface area contributed by atoms with Crippen LogP contribution in [0.25, 0.3) is 0 Å². The summed E-state index contributed by atoms with van der Waals surface area (Å²) in [5.74, 6) is -0.372. The van der Waals surface area contributed by atoms with Crippen molar-refractivity contribution < 1.29 is 9.53 Å². The predicted octanol–water partition coefficient (Wildman–Crippen LogP) is 5.42. The van der Waals surface area contributed by atoms with Gasteiger partial charge in [-0.2, -0.15) is 0 Å². The van der Waals surface area contributed by atoms with E-state index >= 15 is 0 Å². The predicted molar refractivity (Wildman–Crippen MR) is 123 cm³/mol. The van der Waals surface area contributed by atoms with Crippen LogP contribution < -0.4 is 10.6 Å². The molecule has 1 heterocycles. The molecule has 2 aromatic carbocycles. The van der Waals surface area contributed by atoms with Crippen LogP contribution in [0.4, 0.5) is 10.7 Å². The van der Waals surface area contributed by atoms with Crippen molar-refractivity contribution in [1.82, 2.24) is 0 Å². The fourth-order valence-electron chi connectivity index (χ4n) is 3.60. The summed E-state index contributed by atoms with van der Waals surface area (Å²) < 4.78 is 4.95. The number of methoxy groups -OCH3 is 1. The minimum atomic E-state index is -0.372. The van der Waals surface area contributed by atoms with Gasteiger partial charge in [0.1, 0.15) is 5.00 Å². The van der Waals surface area contributed by atoms with Crippen LogP contribution in [-0.2, 0) is 24.0 Å². The molecule has 2 N–H and O–H groups in total. The molecule has 1 aliphatic carbocycles. The number of carbonyl (C=O) groups is 1. The molecule has 0 atom stereocenters. The van der Waals surface area contributed by atoms with Crippen molar-refractivity contribution in [2.24, 2.45) is 0 Å². The summed E-state index contributed by atoms with van der Waals surface area (Å²) in [6.07, 6.45) is 4.23. The second kappa shape index (κ2) is 8.76. The Labute approximate surface area is 179 Å². The molecule has 6 heteroatoms. The maximum Gasteiger partial charge on any atom is 0.340 e. The van der Waals surface area contributed by atoms with Gasteiger partial charge >= 0.3 is 5.97 Å². The highest BCUT2D eigenvalue weighted by Crippen LogP contribution is 2.31. The molecule has 1 aromatic heterocycles. The van der Waals surface area contributed by atoms with Crippen LogP contribution in [0.15, 0.2) is 54.6 Å². The van der Waals surface area contributed by atoms with E-state index in [0.717, 1.165) is 29.8 Å². The van der Waals surface area contributed by atoms with Gasteiger partial charge in [0.05, 0.1) is 12.7 Å². The van der Waals surface area contributed by atoms with E-state index in [0.29, 0.717) is 15.7 Å². The van der Waals surface area contributed by atoms with Crippen LogP contribution in [-0.4, -0.2) is 18.2 Å². The van der Waals surface area contributed by atoms with E-state index < -0.39 is 0 Å². The highest BCUT2D eigenvalue weighted by atomic mass is 32.1. The van der Waals surface area contributed by atoms with Gasteiger partial charge in [-0.3, -0.25) is 0 Å². The summed E-state index contributed by atoms with van der Waals surface area (Å²) >= 11 is 7.02. The molecule has 1 aliphatic rings. The molecule has 4 nitrogen and oxygen atoms in total. The molecule has 29 heavy (non-hydrogen) atoms. The minimum Gasteiger partial charge on any atom is -0.465 e. The largest absolute Gasteiger partial charge is 0.465 e. The highest BCUT2D eigenvalue weighted by Gasteiger charge is 2.18. The van der Waals surface area contributed by atoms with Gasteiger partial charge in [-0.05, 0) is 66.4 Å². The van der Waals surface area contributed by atoms with Gasteiger partial charge in [0.25, 0.3) is 0 Å². The molecule has 0 saturated carbocycles. The number of esters is 1. The summed E-state index contributed by atoms with van der Waals surface area (Å²) in [5.41, 5.74) is 5.46. The van der Waals surface area contributed by atoms with Crippen molar-refractivity contribution in [3.63, 3.8) is 0 Å². The second-order valence-corrected chi connectivity index (χ2v) is 8.57. The lowest BCUT2D eigenvalue weighted by Crippen LogP contribution is -2.20. The van der Waals surface area contributed by atoms with Crippen molar-refractivity contribution in [1.29, 1.82) is 0 Å². The van der Waals surface area contributed by atoms with Crippen LogP contribution in [0.2, 0.25) is 0 Å². The van der Waals surface area contributed by atoms with Crippen molar-refractivity contribution in [2.45, 2.75) is 25.7 Å². The molecule has 3 aromatic rings. The Kier molecular flexibility index (Phi) is 5.92. The Morgan fingerprint density at radius 1 is 1.07 bits per heavy atom. The minimum absolute atomic E-state index is 0.372. The third kappa shape index (κ3) is 4.66. The zero-order chi connectivity index (χ0) is 20.2. The number of ether oxygens (including phenoxy) is 1. The molecule has 0 aliphatic heterocycles. The summed E-state index contributed by atoms with van der Waals surface area (Å²) in [6, 6.07) is 18.4. The molecule has 0 bridgehead atoms. The molecular formula is C23H22N2O2S2. The van der Waals surface area contributed by atoms with E-state index in [9.17, 15) is 4.79 Å². The Morgan fingerprint density at radius 3 is 2.66 bits per heavy atom. The Morgan fingerprint density at radius 2 is 1.86 bits per heavy atom. The third-order valence-electron chi connectivity index (χ3n) is 4.99. The molecular weight excluding hydrogens is 400 g/mol. The fraction of sp³-hybridized carbons (Fsp3) is 0.217. The first kappa shape index (κ1) is 19.6. The molecule has 0 fully saturated rings. The number of anilines is 2. The molecule has 4 rings (SSSR count). The quantitative estimate of drug-likeness (QED) is 0.425. The topological polar surface area (TPSA) is 50.4 Å². The van der Waals surface area contributed by atoms with Gasteiger partial charge in [0.15, 0.2) is 5.11 Å². The SMILES string of the molecule is COC(=O)c1cc(Cc2ccccc2)sc1NC(=S)Nc1ccc2c(c1)CCC2. The van der Waals surface area contributed by atoms with Gasteiger partial charge in [0.2, 0.25) is 0 Å². The van der Waals surface area contributed by atoms with Crippen LogP contribution in [0.1, 0.15) is 38.3 Å². The number of rotatable bonds is 5. The van der Waals surface area contributed by atoms with E-state index in [1.807, 2.05) is 24.3 Å². The number of aryl methyl sites for hydroxylation is 2. The van der Waals surface area contributed by atoms with E-state index in [-0.39, 0.29) is 5.97 Å². The van der Waals surface area contributed by atoms with Crippen molar-refractivity contribution >= 4 is 45.3 Å². The number of hydrogen-bond donors (Lipinski definition) is 2. The zero-order valence-corrected chi connectivity index (χ0v) is 17.8. The molecule has 0 spiro atoms. The zero-order valence-electron chi connectivity index (χ0n) is 16.2. The van der Waals surface area contributed by atoms with Crippen LogP contribution in [0, 0.1) is 0 Å². The molecule has 0 amide bonds. The van der Waals surface area contributed by atoms with Crippen molar-refractivity contribution in [2.75, 3.05) is 17.7 Å². The van der Waals surface area contributed by atoms with Gasteiger partial charge in [-0.1, -0.05) is 36.4 Å². The maximum atomic E-state index is 12.2. The van der Waals surface area contributed by atoms with Crippen LogP contribution in [0.3, 0.4) is 0 Å². The summed E-state index contributed by atoms with van der Waals surface area (Å²) in [7, 11) is 1.39. The summed E-state index contributed by atoms with van der Waals surface area (Å²) in [4.78, 5) is 13.3. The van der Waals surface area contributed by atoms with E-state index in [2.05, 4.69) is 41.0 Å². The third-order valence-corrected chi connectivity index (χ3v) is 6.25. The lowest BCUT2D eigenvalue weighted by Gasteiger charge is -2.11. The number of nitrogens with one attached hydrogen (secondary N) is 2. The first-order valence-electron chi connectivity index (χ1n) is 9.57. The number of thiophene rings is 1. The lowest BCUT2D eigenvalue weighted by atomic mass is 10.1. The highest BCUT2D eigenvalue weighted by molar-refractivity contribution is 7.80. The average Bonchev–Trinajstić information content (AvgIpc) is 3.34. The molecule has 0 saturated heterocycles. The van der Waals surface area contributed by atoms with Crippen molar-refractivity contribution in [3.8, 4) is 0 Å². The van der Waals surface area contributed by atoms with Gasteiger partial charge in [-0.15, -0.1) is 11.3 Å². The molecule has 0 unspecified atom stereocenters. The monoisotopic (exact) mass is 422 g/mol. The number of benzene rings is 2. The Hall–Kier alpha value is -2.70. The van der Waals surface area contributed by atoms with Gasteiger partial charge in [-0.25, -0.2) is 4.79 Å². The Bertz CT molecular complexity index is 1040. The molecule has 148 valence electrons. The maximum absolute atomic E-state index is 12.2. The summed E-state index contributed by atoms with van der Waals surface area (Å²) in [5, 5.41) is 7.58. The average molecular weight is 423 g/mol. The molecule has 0 radical (unpaired) electrons. The van der Waals surface area contributed by atoms with Gasteiger partial charge in [0, 0.05) is 17.0 Å². The van der Waals surface area contributed by atoms with E-state index in [4.69, 9.17) is 17.0 Å². The van der Waals surface area contributed by atoms with Crippen LogP contribution in [0.5, 0.6) is 0 Å². The summed E-state index contributed by atoms with van der Waals surface area (Å²) in [6.45, 7) is 0. The second-order valence-electron chi connectivity index (χ2n) is 7.03. The van der Waals surface area contributed by atoms with Gasteiger partial charge < -0.3 is 15.4 Å². The number of hydrogen-bond acceptors (Lipinski definition) is 4. The van der Waals surface area contributed by atoms with Crippen molar-refractivity contribution in [3.05, 3.63) is 81.7 Å².